The van der Waals surface area contributed by atoms with Crippen LogP contribution in [-0.4, -0.2) is 34.4 Å². The van der Waals surface area contributed by atoms with Gasteiger partial charge in [0, 0.05) is 4.83 Å². The molecule has 0 amide bonds. The zero-order valence-corrected chi connectivity index (χ0v) is 4.25. The molecular formula is C3H7BrNa. The molecule has 0 fully saturated rings. The van der Waals surface area contributed by atoms with Crippen molar-refractivity contribution in [3.63, 3.8) is 0 Å². The van der Waals surface area contributed by atoms with Crippen molar-refractivity contribution in [2.24, 2.45) is 0 Å². The minimum atomic E-state index is 0. The molecule has 0 aromatic rings. The number of hydrogen-bond donors (Lipinski definition) is 0. The third-order valence-corrected chi connectivity index (χ3v) is 0. The summed E-state index contributed by atoms with van der Waals surface area (Å²) in [7, 11) is 0. The summed E-state index contributed by atoms with van der Waals surface area (Å²) < 4.78 is 0. The summed E-state index contributed by atoms with van der Waals surface area (Å²) in [6, 6.07) is 0. The van der Waals surface area contributed by atoms with Crippen LogP contribution in [0.5, 0.6) is 0 Å². The van der Waals surface area contributed by atoms with Crippen LogP contribution < -0.4 is 0 Å². The molecule has 0 bridgehead atoms. The zero-order chi connectivity index (χ0) is 3.58. The molecule has 0 aliphatic carbocycles. The van der Waals surface area contributed by atoms with Crippen LogP contribution in [0.4, 0.5) is 0 Å². The summed E-state index contributed by atoms with van der Waals surface area (Å²) in [4.78, 5) is 0.396. The van der Waals surface area contributed by atoms with Gasteiger partial charge < -0.3 is 0 Å². The van der Waals surface area contributed by atoms with Gasteiger partial charge in [-0.05, 0) is 6.92 Å². The first-order chi connectivity index (χ1) is 1.73. The van der Waals surface area contributed by atoms with Gasteiger partial charge in [0.2, 0.25) is 0 Å². The summed E-state index contributed by atoms with van der Waals surface area (Å²) in [5.74, 6) is 0. The minimum absolute atomic E-state index is 0. The summed E-state index contributed by atoms with van der Waals surface area (Å²) in [6.07, 6.45) is 0. The predicted octanol–water partition coefficient (Wildman–Crippen LogP) is 0.955. The van der Waals surface area contributed by atoms with Gasteiger partial charge in [0.1, 0.15) is 0 Å². The van der Waals surface area contributed by atoms with E-state index in [-0.39, 0.29) is 29.6 Å². The molecule has 0 saturated carbocycles. The molecule has 0 aliphatic rings. The van der Waals surface area contributed by atoms with Crippen LogP contribution in [0.25, 0.3) is 0 Å². The summed E-state index contributed by atoms with van der Waals surface area (Å²) in [5.41, 5.74) is 0. The van der Waals surface area contributed by atoms with E-state index >= 15 is 0 Å². The third-order valence-electron chi connectivity index (χ3n) is 0. The first-order valence-electron chi connectivity index (χ1n) is 1.20. The van der Waals surface area contributed by atoms with Crippen molar-refractivity contribution in [1.82, 2.24) is 0 Å². The molecular weight excluding hydrogens is 139 g/mol. The molecule has 0 N–H and O–H groups in total. The van der Waals surface area contributed by atoms with Gasteiger partial charge >= 0.3 is 29.6 Å². The molecule has 0 aromatic carbocycles. The maximum atomic E-state index is 3.56. The fraction of sp³-hybridized carbons (Fsp3) is 0.667. The average molecular weight is 146 g/mol. The van der Waals surface area contributed by atoms with Crippen molar-refractivity contribution < 1.29 is 0 Å². The second kappa shape index (κ2) is 5.48. The van der Waals surface area contributed by atoms with Crippen LogP contribution in [-0.2, 0) is 0 Å². The molecule has 1 radical (unpaired) electrons. The Hall–Kier alpha value is 1.48. The molecule has 0 nitrogen and oxygen atoms in total. The Morgan fingerprint density at radius 1 is 1.80 bits per heavy atom. The van der Waals surface area contributed by atoms with E-state index in [2.05, 4.69) is 22.9 Å². The number of halogens is 1. The van der Waals surface area contributed by atoms with E-state index in [0.717, 1.165) is 0 Å². The molecule has 0 aromatic heterocycles. The number of hydrogen-bond acceptors (Lipinski definition) is 0. The Labute approximate surface area is 63.8 Å². The van der Waals surface area contributed by atoms with Crippen molar-refractivity contribution in [3.8, 4) is 0 Å². The van der Waals surface area contributed by atoms with Crippen molar-refractivity contribution in [1.29, 1.82) is 0 Å². The van der Waals surface area contributed by atoms with Gasteiger partial charge in [-0.25, -0.2) is 0 Å². The molecule has 1 atom stereocenters. The third kappa shape index (κ3) is 30.3. The van der Waals surface area contributed by atoms with Gasteiger partial charge in [0.15, 0.2) is 0 Å². The molecule has 0 aliphatic heterocycles. The Balaban J connectivity index is 0. The number of rotatable bonds is 0. The summed E-state index contributed by atoms with van der Waals surface area (Å²) >= 11 is 3.16. The van der Waals surface area contributed by atoms with Crippen LogP contribution in [0, 0.1) is 6.92 Å². The van der Waals surface area contributed by atoms with E-state index in [0.29, 0.717) is 4.83 Å². The zero-order valence-electron chi connectivity index (χ0n) is 2.66. The van der Waals surface area contributed by atoms with E-state index in [4.69, 9.17) is 0 Å². The molecule has 27 valence electrons. The average Bonchev–Trinajstić information content (AvgIpc) is 0.811. The Morgan fingerprint density at radius 3 is 1.80 bits per heavy atom. The van der Waals surface area contributed by atoms with E-state index in [1.807, 2.05) is 6.92 Å². The Kier molecular flexibility index (Phi) is 10.6. The molecule has 0 heterocycles. The van der Waals surface area contributed by atoms with Crippen LogP contribution in [0.3, 0.4) is 0 Å². The summed E-state index contributed by atoms with van der Waals surface area (Å²) in [5, 5.41) is 0. The molecule has 0 saturated heterocycles. The van der Waals surface area contributed by atoms with Crippen LogP contribution in [0.1, 0.15) is 6.92 Å². The second-order valence-corrected chi connectivity index (χ2v) is 2.34. The van der Waals surface area contributed by atoms with Gasteiger partial charge in [-0.3, -0.25) is 0 Å². The fourth-order valence-corrected chi connectivity index (χ4v) is 0. The maximum absolute atomic E-state index is 3.56. The van der Waals surface area contributed by atoms with Crippen molar-refractivity contribution in [3.05, 3.63) is 6.92 Å². The Bertz CT molecular complexity index is 11.6. The normalized spacial score (nSPS) is 7.20. The van der Waals surface area contributed by atoms with Crippen molar-refractivity contribution in [2.45, 2.75) is 11.8 Å². The fourth-order valence-electron chi connectivity index (χ4n) is 0. The molecule has 5 heavy (non-hydrogen) atoms. The van der Waals surface area contributed by atoms with Gasteiger partial charge in [-0.1, -0.05) is 22.9 Å². The van der Waals surface area contributed by atoms with E-state index in [9.17, 15) is 0 Å². The topological polar surface area (TPSA) is 0 Å². The number of alkyl halides is 1. The molecule has 0 rings (SSSR count). The van der Waals surface area contributed by atoms with Crippen LogP contribution >= 0.6 is 15.9 Å². The molecule has 1 unspecified atom stereocenters. The van der Waals surface area contributed by atoms with Gasteiger partial charge in [-0.15, -0.1) is 0 Å². The van der Waals surface area contributed by atoms with E-state index in [1.54, 1.807) is 0 Å². The van der Waals surface area contributed by atoms with Crippen molar-refractivity contribution >= 4 is 45.5 Å². The van der Waals surface area contributed by atoms with Gasteiger partial charge in [0.25, 0.3) is 0 Å². The SMILES string of the molecule is [CH2]C(C)Br.[NaH]. The van der Waals surface area contributed by atoms with Crippen molar-refractivity contribution in [2.75, 3.05) is 0 Å². The first-order valence-corrected chi connectivity index (χ1v) is 2.12. The Morgan fingerprint density at radius 2 is 1.80 bits per heavy atom. The predicted molar refractivity (Wildman–Crippen MR) is 30.9 cm³/mol. The van der Waals surface area contributed by atoms with E-state index < -0.39 is 0 Å². The molecule has 2 heteroatoms. The molecule has 0 spiro atoms. The van der Waals surface area contributed by atoms with Gasteiger partial charge in [-0.2, -0.15) is 0 Å². The van der Waals surface area contributed by atoms with Crippen LogP contribution in [0.15, 0.2) is 0 Å². The summed E-state index contributed by atoms with van der Waals surface area (Å²) in [6.45, 7) is 5.53. The van der Waals surface area contributed by atoms with E-state index in [1.165, 1.54) is 0 Å². The standard InChI is InChI=1S/C3H6Br.Na.H/c1-3(2)4;;/h3H,1H2,2H3;;. The second-order valence-electron chi connectivity index (χ2n) is 0.781. The van der Waals surface area contributed by atoms with Crippen LogP contribution in [0.2, 0.25) is 0 Å². The first kappa shape index (κ1) is 9.70. The quantitative estimate of drug-likeness (QED) is 0.352. The van der Waals surface area contributed by atoms with Gasteiger partial charge in [0.05, 0.1) is 0 Å². The monoisotopic (exact) mass is 145 g/mol.